The largest absolute Gasteiger partial charge is 1.00 e. The minimum atomic E-state index is -5.10. The number of allylic oxidation sites excluding steroid dienone is 1. The average molecular weight is 474 g/mol. The van der Waals surface area contributed by atoms with Crippen molar-refractivity contribution < 1.29 is 98.0 Å². The molecule has 0 spiro atoms. The number of rotatable bonds is 8. The van der Waals surface area contributed by atoms with Gasteiger partial charge in [-0.15, -0.1) is 0 Å². The molecule has 1 saturated heterocycles. The number of nitrogens with zero attached hydrogens (tertiary/aromatic N) is 1. The Kier molecular flexibility index (Phi) is 13.9. The van der Waals surface area contributed by atoms with Gasteiger partial charge in [0.1, 0.15) is 34.9 Å². The molecule has 0 amide bonds. The first-order valence-corrected chi connectivity index (χ1v) is 11.1. The molecule has 0 aromatic carbocycles. The van der Waals surface area contributed by atoms with Crippen LogP contribution in [0.15, 0.2) is 16.6 Å². The number of aliphatic hydroxyl groups is 4. The number of aliphatic hydroxyl groups excluding tert-OH is 4. The van der Waals surface area contributed by atoms with E-state index in [1.54, 1.807) is 0 Å². The second-order valence-corrected chi connectivity index (χ2v) is 8.60. The molecule has 1 rings (SSSR count). The number of hydrogen-bond donors (Lipinski definition) is 4. The number of ether oxygens (including phenoxy) is 1. The smallest absolute Gasteiger partial charge is 0.714 e. The van der Waals surface area contributed by atoms with Crippen molar-refractivity contribution in [1.82, 2.24) is 0 Å². The Labute approximate surface area is 206 Å². The molecule has 0 radical (unpaired) electrons. The molecule has 4 N–H and O–H groups in total. The monoisotopic (exact) mass is 473 g/mol. The van der Waals surface area contributed by atoms with Gasteiger partial charge in [-0.3, -0.25) is 8.49 Å². The van der Waals surface area contributed by atoms with Crippen molar-refractivity contribution in [2.75, 3.05) is 12.9 Å². The molecule has 27 heavy (non-hydrogen) atoms. The van der Waals surface area contributed by atoms with E-state index in [4.69, 9.17) is 9.84 Å². The van der Waals surface area contributed by atoms with Crippen molar-refractivity contribution in [3.63, 3.8) is 0 Å². The number of oxime groups is 1. The molecule has 1 aliphatic heterocycles. The van der Waals surface area contributed by atoms with E-state index in [-0.39, 0.29) is 69.3 Å². The molecule has 0 bridgehead atoms. The minimum Gasteiger partial charge on any atom is -0.714 e. The van der Waals surface area contributed by atoms with Gasteiger partial charge in [-0.25, -0.2) is 0 Å². The molecular formula is C12H20KNO10S3. The predicted molar refractivity (Wildman–Crippen MR) is 92.0 cm³/mol. The van der Waals surface area contributed by atoms with Gasteiger partial charge in [0.2, 0.25) is 0 Å². The molecule has 1 fully saturated rings. The van der Waals surface area contributed by atoms with Gasteiger partial charge in [0.05, 0.1) is 6.61 Å². The van der Waals surface area contributed by atoms with E-state index in [9.17, 15) is 32.5 Å². The van der Waals surface area contributed by atoms with Crippen LogP contribution >= 0.6 is 11.8 Å². The summed E-state index contributed by atoms with van der Waals surface area (Å²) in [5.74, 6) is 0. The zero-order valence-corrected chi connectivity index (χ0v) is 20.1. The van der Waals surface area contributed by atoms with Crippen LogP contribution in [0.2, 0.25) is 0 Å². The first-order chi connectivity index (χ1) is 12.0. The fourth-order valence-corrected chi connectivity index (χ4v) is 3.64. The van der Waals surface area contributed by atoms with Crippen molar-refractivity contribution in [2.24, 2.45) is 5.16 Å². The third-order valence-electron chi connectivity index (χ3n) is 3.14. The normalized spacial score (nSPS) is 30.7. The van der Waals surface area contributed by atoms with Crippen LogP contribution in [0, 0.1) is 0 Å². The molecule has 15 heteroatoms. The maximum atomic E-state index is 11.0. The molecule has 0 aromatic heterocycles. The van der Waals surface area contributed by atoms with Crippen LogP contribution in [-0.4, -0.2) is 85.4 Å². The zero-order valence-electron chi connectivity index (χ0n) is 14.6. The fourth-order valence-electron chi connectivity index (χ4n) is 1.92. The van der Waals surface area contributed by atoms with Crippen LogP contribution in [-0.2, 0) is 30.2 Å². The first kappa shape index (κ1) is 28.1. The molecule has 0 aliphatic carbocycles. The van der Waals surface area contributed by atoms with Gasteiger partial charge in [0.15, 0.2) is 0 Å². The third-order valence-corrected chi connectivity index (χ3v) is 5.15. The molecule has 152 valence electrons. The summed E-state index contributed by atoms with van der Waals surface area (Å²) in [4.78, 5) is 0. The van der Waals surface area contributed by atoms with E-state index in [1.165, 1.54) is 17.7 Å². The Balaban J connectivity index is 0.00000676. The summed E-state index contributed by atoms with van der Waals surface area (Å²) in [7, 11) is -6.29. The van der Waals surface area contributed by atoms with Crippen molar-refractivity contribution in [2.45, 2.75) is 42.7 Å². The van der Waals surface area contributed by atoms with Crippen LogP contribution in [0.4, 0.5) is 0 Å². The SMILES string of the molecule is CS(=O)C=CCCC(=NOS(=O)(=O)[O-])SC1OC(CO)C(O)C(O)C1O.[K+]. The van der Waals surface area contributed by atoms with Crippen LogP contribution in [0.25, 0.3) is 0 Å². The van der Waals surface area contributed by atoms with E-state index in [2.05, 4.69) is 9.44 Å². The zero-order chi connectivity index (χ0) is 19.9. The van der Waals surface area contributed by atoms with Crippen molar-refractivity contribution in [3.8, 4) is 0 Å². The summed E-state index contributed by atoms with van der Waals surface area (Å²) in [6.45, 7) is -0.634. The summed E-state index contributed by atoms with van der Waals surface area (Å²) in [6.07, 6.45) is -2.62. The van der Waals surface area contributed by atoms with Gasteiger partial charge in [-0.1, -0.05) is 23.0 Å². The molecule has 0 saturated carbocycles. The average Bonchev–Trinajstić information content (AvgIpc) is 2.55. The summed E-state index contributed by atoms with van der Waals surface area (Å²) in [5.41, 5.74) is -1.22. The van der Waals surface area contributed by atoms with Gasteiger partial charge < -0.3 is 29.7 Å². The van der Waals surface area contributed by atoms with Gasteiger partial charge >= 0.3 is 51.4 Å². The van der Waals surface area contributed by atoms with Crippen LogP contribution in [0.5, 0.6) is 0 Å². The summed E-state index contributed by atoms with van der Waals surface area (Å²) >= 11 is 0.656. The summed E-state index contributed by atoms with van der Waals surface area (Å²) in [5, 5.41) is 43.1. The number of hydrogen-bond acceptors (Lipinski definition) is 12. The minimum absolute atomic E-state index is 0. The molecule has 1 heterocycles. The van der Waals surface area contributed by atoms with E-state index in [0.29, 0.717) is 11.8 Å². The Morgan fingerprint density at radius 3 is 2.48 bits per heavy atom. The summed E-state index contributed by atoms with van der Waals surface area (Å²) < 4.78 is 51.8. The van der Waals surface area contributed by atoms with E-state index in [0.717, 1.165) is 0 Å². The van der Waals surface area contributed by atoms with Crippen LogP contribution in [0.3, 0.4) is 0 Å². The second kappa shape index (κ2) is 13.4. The molecule has 1 aliphatic rings. The van der Waals surface area contributed by atoms with Gasteiger partial charge in [0, 0.05) is 23.5 Å². The van der Waals surface area contributed by atoms with Crippen molar-refractivity contribution in [3.05, 3.63) is 11.5 Å². The predicted octanol–water partition coefficient (Wildman–Crippen LogP) is -5.01. The third kappa shape index (κ3) is 10.6. The number of thioether (sulfide) groups is 1. The van der Waals surface area contributed by atoms with Crippen LogP contribution in [0.1, 0.15) is 12.8 Å². The van der Waals surface area contributed by atoms with Crippen LogP contribution < -0.4 is 51.4 Å². The Morgan fingerprint density at radius 1 is 1.33 bits per heavy atom. The topological polar surface area (TPSA) is 186 Å². The molecule has 6 unspecified atom stereocenters. The van der Waals surface area contributed by atoms with E-state index < -0.39 is 57.7 Å². The van der Waals surface area contributed by atoms with E-state index in [1.807, 2.05) is 0 Å². The standard InChI is InChI=1S/C12H21NO10S3.K/c1-25(18)5-3-2-4-8(13-23-26(19,20)21)24-12-11(17)10(16)9(15)7(6-14)22-12;/h3,5,7,9-12,14-17H,2,4,6H2,1H3,(H,19,20,21);/q;+1/p-1. The Morgan fingerprint density at radius 2 is 1.96 bits per heavy atom. The van der Waals surface area contributed by atoms with Gasteiger partial charge in [-0.2, -0.15) is 8.42 Å². The quantitative estimate of drug-likeness (QED) is 0.0660. The maximum absolute atomic E-state index is 11.0. The second-order valence-electron chi connectivity index (χ2n) is 5.19. The molecular weight excluding hydrogens is 453 g/mol. The first-order valence-electron chi connectivity index (χ1n) is 7.22. The maximum Gasteiger partial charge on any atom is 1.00 e. The van der Waals surface area contributed by atoms with E-state index >= 15 is 0 Å². The summed E-state index contributed by atoms with van der Waals surface area (Å²) in [6, 6.07) is 0. The Bertz CT molecular complexity index is 641. The molecule has 11 nitrogen and oxygen atoms in total. The Hall–Kier alpha value is 1.06. The van der Waals surface area contributed by atoms with Crippen molar-refractivity contribution >= 4 is 38.0 Å². The van der Waals surface area contributed by atoms with Gasteiger partial charge in [-0.05, 0) is 11.8 Å². The molecule has 0 aromatic rings. The molecule has 6 atom stereocenters. The van der Waals surface area contributed by atoms with Gasteiger partial charge in [0.25, 0.3) is 10.4 Å². The fraction of sp³-hybridized carbons (Fsp3) is 0.750. The van der Waals surface area contributed by atoms with Crippen molar-refractivity contribution in [1.29, 1.82) is 0 Å².